The first-order valence-corrected chi connectivity index (χ1v) is 9.92. The molecule has 2 heterocycles. The third-order valence-corrected chi connectivity index (χ3v) is 5.14. The third kappa shape index (κ3) is 4.41. The summed E-state index contributed by atoms with van der Waals surface area (Å²) in [5.41, 5.74) is 3.19. The van der Waals surface area contributed by atoms with Gasteiger partial charge >= 0.3 is 0 Å². The smallest absolute Gasteiger partial charge is 0.223 e. The molecule has 0 unspecified atom stereocenters. The SMILES string of the molecule is COCCNc1nccc(-c2cc(N3CCNCC3)c3cc(OC)ccc3c2)n1. The van der Waals surface area contributed by atoms with E-state index in [-0.39, 0.29) is 0 Å². The van der Waals surface area contributed by atoms with Crippen LogP contribution in [0.1, 0.15) is 0 Å². The van der Waals surface area contributed by atoms with Crippen LogP contribution in [-0.4, -0.2) is 63.5 Å². The molecule has 2 aromatic carbocycles. The number of benzene rings is 2. The molecule has 1 aromatic heterocycles. The van der Waals surface area contributed by atoms with Gasteiger partial charge in [-0.2, -0.15) is 0 Å². The first-order chi connectivity index (χ1) is 14.3. The standard InChI is InChI=1S/C22H27N5O2/c1-28-12-9-25-22-24-6-5-20(26-22)17-13-16-3-4-18(29-2)15-19(16)21(14-17)27-10-7-23-8-11-27/h3-6,13-15,23H,7-12H2,1-2H3,(H,24,25,26). The lowest BCUT2D eigenvalue weighted by Gasteiger charge is -2.31. The van der Waals surface area contributed by atoms with Gasteiger partial charge in [-0.15, -0.1) is 0 Å². The van der Waals surface area contributed by atoms with Crippen LogP contribution >= 0.6 is 0 Å². The van der Waals surface area contributed by atoms with E-state index in [1.54, 1.807) is 20.4 Å². The van der Waals surface area contributed by atoms with Gasteiger partial charge < -0.3 is 25.0 Å². The van der Waals surface area contributed by atoms with Crippen LogP contribution in [0.15, 0.2) is 42.6 Å². The summed E-state index contributed by atoms with van der Waals surface area (Å²) in [6.45, 7) is 5.20. The van der Waals surface area contributed by atoms with Gasteiger partial charge in [-0.05, 0) is 35.7 Å². The third-order valence-electron chi connectivity index (χ3n) is 5.14. The van der Waals surface area contributed by atoms with Crippen LogP contribution in [0.2, 0.25) is 0 Å². The van der Waals surface area contributed by atoms with E-state index in [4.69, 9.17) is 14.5 Å². The van der Waals surface area contributed by atoms with Crippen LogP contribution in [0.4, 0.5) is 11.6 Å². The second-order valence-corrected chi connectivity index (χ2v) is 7.00. The number of ether oxygens (including phenoxy) is 2. The van der Waals surface area contributed by atoms with Crippen molar-refractivity contribution in [3.63, 3.8) is 0 Å². The minimum atomic E-state index is 0.609. The first-order valence-electron chi connectivity index (χ1n) is 9.92. The van der Waals surface area contributed by atoms with Crippen molar-refractivity contribution >= 4 is 22.4 Å². The Morgan fingerprint density at radius 3 is 2.76 bits per heavy atom. The normalized spacial score (nSPS) is 14.2. The Morgan fingerprint density at radius 1 is 1.10 bits per heavy atom. The fraction of sp³-hybridized carbons (Fsp3) is 0.364. The van der Waals surface area contributed by atoms with Crippen molar-refractivity contribution in [2.24, 2.45) is 0 Å². The van der Waals surface area contributed by atoms with Crippen molar-refractivity contribution in [2.75, 3.05) is 63.8 Å². The highest BCUT2D eigenvalue weighted by Crippen LogP contribution is 2.35. The van der Waals surface area contributed by atoms with Gasteiger partial charge in [0, 0.05) is 62.7 Å². The Hall–Kier alpha value is -2.90. The van der Waals surface area contributed by atoms with Crippen molar-refractivity contribution < 1.29 is 9.47 Å². The summed E-state index contributed by atoms with van der Waals surface area (Å²) in [5, 5.41) is 9.00. The van der Waals surface area contributed by atoms with Crippen LogP contribution in [-0.2, 0) is 4.74 Å². The fourth-order valence-corrected chi connectivity index (χ4v) is 3.63. The number of piperazine rings is 1. The summed E-state index contributed by atoms with van der Waals surface area (Å²) in [6, 6.07) is 12.6. The number of fused-ring (bicyclic) bond motifs is 1. The lowest BCUT2D eigenvalue weighted by Crippen LogP contribution is -2.43. The zero-order valence-corrected chi connectivity index (χ0v) is 16.9. The Balaban J connectivity index is 1.76. The van der Waals surface area contributed by atoms with E-state index in [0.717, 1.165) is 43.2 Å². The highest BCUT2D eigenvalue weighted by molar-refractivity contribution is 5.98. The number of rotatable bonds is 7. The van der Waals surface area contributed by atoms with Gasteiger partial charge in [-0.1, -0.05) is 6.07 Å². The largest absolute Gasteiger partial charge is 0.497 e. The number of methoxy groups -OCH3 is 2. The first kappa shape index (κ1) is 19.4. The molecule has 7 nitrogen and oxygen atoms in total. The summed E-state index contributed by atoms with van der Waals surface area (Å²) in [7, 11) is 3.39. The van der Waals surface area contributed by atoms with E-state index in [1.165, 1.54) is 16.5 Å². The summed E-state index contributed by atoms with van der Waals surface area (Å²) in [6.07, 6.45) is 1.79. The van der Waals surface area contributed by atoms with Crippen LogP contribution in [0, 0.1) is 0 Å². The van der Waals surface area contributed by atoms with Gasteiger partial charge in [-0.25, -0.2) is 9.97 Å². The zero-order chi connectivity index (χ0) is 20.1. The summed E-state index contributed by atoms with van der Waals surface area (Å²) in [4.78, 5) is 11.5. The quantitative estimate of drug-likeness (QED) is 0.598. The summed E-state index contributed by atoms with van der Waals surface area (Å²) < 4.78 is 10.6. The number of nitrogens with one attached hydrogen (secondary N) is 2. The molecule has 3 aromatic rings. The molecular weight excluding hydrogens is 366 g/mol. The van der Waals surface area contributed by atoms with E-state index in [9.17, 15) is 0 Å². The lowest BCUT2D eigenvalue weighted by atomic mass is 10.0. The molecule has 1 saturated heterocycles. The van der Waals surface area contributed by atoms with Crippen molar-refractivity contribution in [1.82, 2.24) is 15.3 Å². The van der Waals surface area contributed by atoms with Crippen molar-refractivity contribution in [3.8, 4) is 17.0 Å². The summed E-state index contributed by atoms with van der Waals surface area (Å²) in [5.74, 6) is 1.48. The Morgan fingerprint density at radius 2 is 1.97 bits per heavy atom. The molecular formula is C22H27N5O2. The molecule has 1 aliphatic heterocycles. The van der Waals surface area contributed by atoms with E-state index in [2.05, 4.69) is 44.8 Å². The van der Waals surface area contributed by atoms with Crippen molar-refractivity contribution in [3.05, 3.63) is 42.6 Å². The minimum absolute atomic E-state index is 0.609. The Labute approximate surface area is 171 Å². The van der Waals surface area contributed by atoms with Crippen LogP contribution < -0.4 is 20.3 Å². The minimum Gasteiger partial charge on any atom is -0.497 e. The van der Waals surface area contributed by atoms with E-state index in [1.807, 2.05) is 12.1 Å². The molecule has 0 amide bonds. The molecule has 1 fully saturated rings. The number of hydrogen-bond donors (Lipinski definition) is 2. The van der Waals surface area contributed by atoms with Crippen LogP contribution in [0.25, 0.3) is 22.0 Å². The van der Waals surface area contributed by atoms with Gasteiger partial charge in [0.1, 0.15) is 5.75 Å². The van der Waals surface area contributed by atoms with Gasteiger partial charge in [0.25, 0.3) is 0 Å². The van der Waals surface area contributed by atoms with E-state index < -0.39 is 0 Å². The maximum Gasteiger partial charge on any atom is 0.223 e. The molecule has 4 rings (SSSR count). The highest BCUT2D eigenvalue weighted by Gasteiger charge is 2.16. The van der Waals surface area contributed by atoms with Gasteiger partial charge in [0.15, 0.2) is 0 Å². The molecule has 0 spiro atoms. The lowest BCUT2D eigenvalue weighted by molar-refractivity contribution is 0.210. The molecule has 29 heavy (non-hydrogen) atoms. The van der Waals surface area contributed by atoms with Gasteiger partial charge in [-0.3, -0.25) is 0 Å². The number of hydrogen-bond acceptors (Lipinski definition) is 7. The molecule has 0 atom stereocenters. The fourth-order valence-electron chi connectivity index (χ4n) is 3.63. The molecule has 2 N–H and O–H groups in total. The Bertz CT molecular complexity index is 973. The van der Waals surface area contributed by atoms with Gasteiger partial charge in [0.2, 0.25) is 5.95 Å². The number of anilines is 2. The zero-order valence-electron chi connectivity index (χ0n) is 16.9. The average molecular weight is 393 g/mol. The molecule has 0 aliphatic carbocycles. The molecule has 0 bridgehead atoms. The van der Waals surface area contributed by atoms with Crippen LogP contribution in [0.5, 0.6) is 5.75 Å². The van der Waals surface area contributed by atoms with Crippen LogP contribution in [0.3, 0.4) is 0 Å². The topological polar surface area (TPSA) is 71.5 Å². The molecule has 0 saturated carbocycles. The second kappa shape index (κ2) is 9.07. The maximum absolute atomic E-state index is 5.47. The van der Waals surface area contributed by atoms with Crippen molar-refractivity contribution in [2.45, 2.75) is 0 Å². The van der Waals surface area contributed by atoms with E-state index in [0.29, 0.717) is 19.1 Å². The molecule has 7 heteroatoms. The van der Waals surface area contributed by atoms with E-state index >= 15 is 0 Å². The second-order valence-electron chi connectivity index (χ2n) is 7.00. The van der Waals surface area contributed by atoms with Crippen molar-refractivity contribution in [1.29, 1.82) is 0 Å². The number of nitrogens with zero attached hydrogens (tertiary/aromatic N) is 3. The maximum atomic E-state index is 5.47. The highest BCUT2D eigenvalue weighted by atomic mass is 16.5. The predicted molar refractivity (Wildman–Crippen MR) is 117 cm³/mol. The monoisotopic (exact) mass is 393 g/mol. The molecule has 1 aliphatic rings. The molecule has 0 radical (unpaired) electrons. The Kier molecular flexibility index (Phi) is 6.07. The summed E-state index contributed by atoms with van der Waals surface area (Å²) >= 11 is 0. The number of aromatic nitrogens is 2. The molecule has 152 valence electrons. The predicted octanol–water partition coefficient (Wildman–Crippen LogP) is 2.77. The average Bonchev–Trinajstić information content (AvgIpc) is 2.79. The van der Waals surface area contributed by atoms with Gasteiger partial charge in [0.05, 0.1) is 19.4 Å².